The average Bonchev–Trinajstić information content (AvgIpc) is 2.17. The zero-order valence-corrected chi connectivity index (χ0v) is 5.04. The molecule has 0 fully saturated rings. The second-order valence-corrected chi connectivity index (χ2v) is 2.37. The molecule has 1 unspecified atom stereocenters. The molecule has 0 aromatic heterocycles. The molecule has 0 aliphatic carbocycles. The lowest BCUT2D eigenvalue weighted by atomic mass is 10.5. The van der Waals surface area contributed by atoms with Gasteiger partial charge in [0.2, 0.25) is 0 Å². The first-order valence-electron chi connectivity index (χ1n) is 2.73. The first kappa shape index (κ1) is 5.72. The summed E-state index contributed by atoms with van der Waals surface area (Å²) in [4.78, 5) is 3.99. The number of likely N-dealkylation sites (N-methyl/N-ethyl adjacent to an activating group) is 1. The van der Waals surface area contributed by atoms with Crippen LogP contribution in [0.3, 0.4) is 0 Å². The second kappa shape index (κ2) is 1.84. The zero-order chi connectivity index (χ0) is 6.04. The number of nitrogens with zero attached hydrogens (tertiary/aromatic N) is 2. The van der Waals surface area contributed by atoms with Crippen molar-refractivity contribution < 1.29 is 9.59 Å². The Bertz CT molecular complexity index is 113. The van der Waals surface area contributed by atoms with E-state index in [1.807, 2.05) is 7.05 Å². The van der Waals surface area contributed by atoms with E-state index in [0.717, 1.165) is 13.1 Å². The summed E-state index contributed by atoms with van der Waals surface area (Å²) >= 11 is 0. The van der Waals surface area contributed by atoms with Crippen LogP contribution in [-0.2, 0) is 0 Å². The minimum Gasteiger partial charge on any atom is -0.347 e. The fraction of sp³-hybridized carbons (Fsp3) is 0.800. The van der Waals surface area contributed by atoms with Crippen molar-refractivity contribution in [3.63, 3.8) is 0 Å². The largest absolute Gasteiger partial charge is 0.347 e. The Morgan fingerprint density at radius 2 is 2.62 bits per heavy atom. The van der Waals surface area contributed by atoms with Crippen LogP contribution in [0, 0.1) is 0 Å². The maximum absolute atomic E-state index is 8.71. The molecule has 0 spiro atoms. The number of quaternary nitrogens is 1. The molecular weight excluding hydrogens is 104 g/mol. The molecule has 1 atom stereocenters. The van der Waals surface area contributed by atoms with Crippen LogP contribution in [0.4, 0.5) is 0 Å². The van der Waals surface area contributed by atoms with Gasteiger partial charge in [-0.15, -0.1) is 0 Å². The Labute approximate surface area is 48.9 Å². The van der Waals surface area contributed by atoms with E-state index in [1.165, 1.54) is 0 Å². The second-order valence-electron chi connectivity index (χ2n) is 2.37. The van der Waals surface area contributed by atoms with Gasteiger partial charge in [0.05, 0.1) is 13.6 Å². The Kier molecular flexibility index (Phi) is 1.31. The molecule has 1 rings (SSSR count). The van der Waals surface area contributed by atoms with E-state index in [2.05, 4.69) is 4.99 Å². The normalized spacial score (nSPS) is 36.2. The first-order chi connectivity index (χ1) is 3.77. The van der Waals surface area contributed by atoms with Crippen molar-refractivity contribution in [1.29, 1.82) is 0 Å². The van der Waals surface area contributed by atoms with E-state index in [-0.39, 0.29) is 6.73 Å². The van der Waals surface area contributed by atoms with Gasteiger partial charge in [0.25, 0.3) is 0 Å². The fourth-order valence-corrected chi connectivity index (χ4v) is 0.706. The van der Waals surface area contributed by atoms with E-state index < -0.39 is 0 Å². The van der Waals surface area contributed by atoms with Gasteiger partial charge in [-0.2, -0.15) is 0 Å². The molecule has 0 radical (unpaired) electrons. The van der Waals surface area contributed by atoms with E-state index >= 15 is 0 Å². The maximum atomic E-state index is 8.71. The third-order valence-electron chi connectivity index (χ3n) is 1.42. The Morgan fingerprint density at radius 3 is 2.88 bits per heavy atom. The van der Waals surface area contributed by atoms with Gasteiger partial charge in [-0.1, -0.05) is 0 Å². The lowest BCUT2D eigenvalue weighted by molar-refractivity contribution is -0.828. The highest BCUT2D eigenvalue weighted by Crippen LogP contribution is 2.01. The van der Waals surface area contributed by atoms with E-state index in [4.69, 9.17) is 5.11 Å². The standard InChI is InChI=1S/C5H11N2O/c1-7(5-8)3-2-6-4-7/h4,8H,2-3,5H2,1H3/q+1. The molecule has 1 N–H and O–H groups in total. The van der Waals surface area contributed by atoms with E-state index in [1.54, 1.807) is 6.34 Å². The quantitative estimate of drug-likeness (QED) is 0.456. The smallest absolute Gasteiger partial charge is 0.187 e. The van der Waals surface area contributed by atoms with Gasteiger partial charge in [0.15, 0.2) is 13.1 Å². The Morgan fingerprint density at radius 1 is 1.88 bits per heavy atom. The minimum absolute atomic E-state index is 0.170. The van der Waals surface area contributed by atoms with Crippen molar-refractivity contribution in [2.75, 3.05) is 26.9 Å². The van der Waals surface area contributed by atoms with Gasteiger partial charge in [-0.3, -0.25) is 4.48 Å². The van der Waals surface area contributed by atoms with Gasteiger partial charge in [-0.05, 0) is 0 Å². The molecule has 0 saturated carbocycles. The lowest BCUT2D eigenvalue weighted by Gasteiger charge is -2.20. The van der Waals surface area contributed by atoms with Gasteiger partial charge >= 0.3 is 0 Å². The molecule has 1 heterocycles. The fourth-order valence-electron chi connectivity index (χ4n) is 0.706. The van der Waals surface area contributed by atoms with E-state index in [9.17, 15) is 0 Å². The maximum Gasteiger partial charge on any atom is 0.187 e. The summed E-state index contributed by atoms with van der Waals surface area (Å²) in [6.45, 7) is 1.97. The van der Waals surface area contributed by atoms with Gasteiger partial charge in [0.1, 0.15) is 6.54 Å². The number of rotatable bonds is 1. The topological polar surface area (TPSA) is 32.6 Å². The van der Waals surface area contributed by atoms with Crippen molar-refractivity contribution in [1.82, 2.24) is 0 Å². The van der Waals surface area contributed by atoms with Crippen molar-refractivity contribution in [3.8, 4) is 0 Å². The summed E-state index contributed by atoms with van der Waals surface area (Å²) in [6.07, 6.45) is 1.79. The molecular formula is C5H11N2O+. The van der Waals surface area contributed by atoms with Crippen LogP contribution in [0.25, 0.3) is 0 Å². The predicted octanol–water partition coefficient (Wildman–Crippen LogP) is -0.575. The van der Waals surface area contributed by atoms with Crippen molar-refractivity contribution >= 4 is 6.34 Å². The molecule has 0 amide bonds. The van der Waals surface area contributed by atoms with Crippen molar-refractivity contribution in [2.45, 2.75) is 0 Å². The third-order valence-corrected chi connectivity index (χ3v) is 1.42. The van der Waals surface area contributed by atoms with Crippen LogP contribution < -0.4 is 0 Å². The van der Waals surface area contributed by atoms with Crippen LogP contribution in [0.1, 0.15) is 0 Å². The molecule has 8 heavy (non-hydrogen) atoms. The van der Waals surface area contributed by atoms with Crippen molar-refractivity contribution in [2.24, 2.45) is 4.99 Å². The van der Waals surface area contributed by atoms with Gasteiger partial charge < -0.3 is 5.11 Å². The molecule has 3 heteroatoms. The van der Waals surface area contributed by atoms with Crippen LogP contribution >= 0.6 is 0 Å². The Hall–Kier alpha value is -0.410. The molecule has 0 aromatic carbocycles. The number of aliphatic hydroxyl groups excluding tert-OH is 1. The summed E-state index contributed by atoms with van der Waals surface area (Å²) in [5.74, 6) is 0. The molecule has 1 aliphatic heterocycles. The summed E-state index contributed by atoms with van der Waals surface area (Å²) in [6, 6.07) is 0. The molecule has 1 aliphatic rings. The molecule has 0 aromatic rings. The van der Waals surface area contributed by atoms with Crippen LogP contribution in [-0.4, -0.2) is 42.8 Å². The SMILES string of the molecule is C[N+]1(CO)C=NCC1. The highest BCUT2D eigenvalue weighted by Gasteiger charge is 2.21. The first-order valence-corrected chi connectivity index (χ1v) is 2.73. The molecule has 0 bridgehead atoms. The number of aliphatic imine (C=N–C) groups is 1. The Balaban J connectivity index is 2.54. The number of hydrogen-bond acceptors (Lipinski definition) is 2. The summed E-state index contributed by atoms with van der Waals surface area (Å²) in [7, 11) is 1.95. The summed E-state index contributed by atoms with van der Waals surface area (Å²) in [5, 5.41) is 8.71. The van der Waals surface area contributed by atoms with Crippen LogP contribution in [0.2, 0.25) is 0 Å². The van der Waals surface area contributed by atoms with Crippen molar-refractivity contribution in [3.05, 3.63) is 0 Å². The highest BCUT2D eigenvalue weighted by molar-refractivity contribution is 5.47. The molecule has 3 nitrogen and oxygen atoms in total. The number of aliphatic hydroxyl groups is 1. The third kappa shape index (κ3) is 0.877. The predicted molar refractivity (Wildman–Crippen MR) is 31.5 cm³/mol. The molecule has 46 valence electrons. The summed E-state index contributed by atoms with van der Waals surface area (Å²) < 4.78 is 0.583. The van der Waals surface area contributed by atoms with Gasteiger partial charge in [-0.25, -0.2) is 4.99 Å². The van der Waals surface area contributed by atoms with E-state index in [0.29, 0.717) is 4.48 Å². The summed E-state index contributed by atoms with van der Waals surface area (Å²) in [5.41, 5.74) is 0. The molecule has 0 saturated heterocycles. The van der Waals surface area contributed by atoms with Crippen LogP contribution in [0.5, 0.6) is 0 Å². The van der Waals surface area contributed by atoms with Crippen LogP contribution in [0.15, 0.2) is 4.99 Å². The lowest BCUT2D eigenvalue weighted by Crippen LogP contribution is -2.41. The average molecular weight is 115 g/mol. The monoisotopic (exact) mass is 115 g/mol. The minimum atomic E-state index is 0.170. The van der Waals surface area contributed by atoms with Gasteiger partial charge in [0, 0.05) is 0 Å². The number of hydrogen-bond donors (Lipinski definition) is 1. The zero-order valence-electron chi connectivity index (χ0n) is 5.04. The highest BCUT2D eigenvalue weighted by atomic mass is 16.3.